The van der Waals surface area contributed by atoms with Crippen LogP contribution in [0.15, 0.2) is 48.5 Å². The van der Waals surface area contributed by atoms with E-state index in [0.717, 1.165) is 11.0 Å². The number of carbonyl (C=O) groups excluding carboxylic acids is 2. The summed E-state index contributed by atoms with van der Waals surface area (Å²) in [6.45, 7) is 0. The Bertz CT molecular complexity index is 801. The van der Waals surface area contributed by atoms with Crippen LogP contribution in [0.4, 0.5) is 4.39 Å². The molecular weight excluding hydrogens is 353 g/mol. The van der Waals surface area contributed by atoms with Crippen LogP contribution in [0.2, 0.25) is 5.02 Å². The minimum Gasteiger partial charge on any atom is -0.548 e. The third-order valence-corrected chi connectivity index (χ3v) is 5.43. The number of halogens is 2. The molecule has 0 aliphatic carbocycles. The van der Waals surface area contributed by atoms with Gasteiger partial charge in [-0.2, -0.15) is 0 Å². The highest BCUT2D eigenvalue weighted by molar-refractivity contribution is 7.99. The van der Waals surface area contributed by atoms with Gasteiger partial charge in [-0.25, -0.2) is 4.39 Å². The first kappa shape index (κ1) is 16.8. The molecule has 0 saturated carbocycles. The molecule has 7 heteroatoms. The second kappa shape index (κ2) is 6.83. The first-order valence-corrected chi connectivity index (χ1v) is 8.57. The molecule has 124 valence electrons. The van der Waals surface area contributed by atoms with Gasteiger partial charge in [0.15, 0.2) is 0 Å². The molecule has 1 amide bonds. The van der Waals surface area contributed by atoms with Crippen molar-refractivity contribution in [1.82, 2.24) is 4.90 Å². The van der Waals surface area contributed by atoms with Crippen LogP contribution in [-0.4, -0.2) is 28.6 Å². The van der Waals surface area contributed by atoms with Gasteiger partial charge in [0.25, 0.3) is 5.91 Å². The van der Waals surface area contributed by atoms with Gasteiger partial charge < -0.3 is 14.8 Å². The van der Waals surface area contributed by atoms with Crippen LogP contribution in [0.1, 0.15) is 21.3 Å². The normalized spacial score (nSPS) is 20.2. The number of amides is 1. The lowest BCUT2D eigenvalue weighted by Gasteiger charge is -2.30. The minimum absolute atomic E-state index is 0.151. The highest BCUT2D eigenvalue weighted by Crippen LogP contribution is 2.44. The van der Waals surface area contributed by atoms with Crippen molar-refractivity contribution in [3.05, 3.63) is 70.5 Å². The Morgan fingerprint density at radius 2 is 1.83 bits per heavy atom. The summed E-state index contributed by atoms with van der Waals surface area (Å²) < 4.78 is 14.0. The molecule has 4 nitrogen and oxygen atoms in total. The van der Waals surface area contributed by atoms with Gasteiger partial charge in [-0.15, -0.1) is 11.8 Å². The molecule has 1 aliphatic heterocycles. The topological polar surface area (TPSA) is 60.4 Å². The van der Waals surface area contributed by atoms with E-state index in [0.29, 0.717) is 10.6 Å². The summed E-state index contributed by atoms with van der Waals surface area (Å²) in [5.41, 5.74) is 0.431. The molecule has 0 bridgehead atoms. The van der Waals surface area contributed by atoms with Crippen molar-refractivity contribution in [3.63, 3.8) is 0 Å². The number of nitrogens with zero attached hydrogens (tertiary/aromatic N) is 1. The number of benzene rings is 2. The third kappa shape index (κ3) is 2.99. The van der Waals surface area contributed by atoms with Gasteiger partial charge in [-0.05, 0) is 18.2 Å². The summed E-state index contributed by atoms with van der Waals surface area (Å²) in [7, 11) is 0. The molecule has 0 aromatic heterocycles. The van der Waals surface area contributed by atoms with E-state index >= 15 is 0 Å². The van der Waals surface area contributed by atoms with E-state index in [1.165, 1.54) is 30.0 Å². The molecule has 1 fully saturated rings. The molecule has 0 N–H and O–H groups in total. The second-order valence-electron chi connectivity index (χ2n) is 5.23. The largest absolute Gasteiger partial charge is 0.548 e. The molecule has 2 atom stereocenters. The molecule has 3 rings (SSSR count). The maximum atomic E-state index is 14.0. The number of hydrogen-bond acceptors (Lipinski definition) is 4. The van der Waals surface area contributed by atoms with Gasteiger partial charge in [-0.3, -0.25) is 4.79 Å². The molecule has 2 unspecified atom stereocenters. The highest BCUT2D eigenvalue weighted by Gasteiger charge is 2.40. The van der Waals surface area contributed by atoms with Gasteiger partial charge in [0, 0.05) is 16.3 Å². The van der Waals surface area contributed by atoms with Crippen molar-refractivity contribution in [2.24, 2.45) is 0 Å². The van der Waals surface area contributed by atoms with E-state index in [4.69, 9.17) is 11.6 Å². The van der Waals surface area contributed by atoms with Gasteiger partial charge in [-0.1, -0.05) is 41.9 Å². The molecule has 0 radical (unpaired) electrons. The number of carboxylic acid groups (broad SMARTS) is 1. The van der Waals surface area contributed by atoms with Crippen molar-refractivity contribution in [3.8, 4) is 0 Å². The number of thioether (sulfide) groups is 1. The molecule has 1 heterocycles. The maximum absolute atomic E-state index is 14.0. The lowest BCUT2D eigenvalue weighted by molar-refractivity contribution is -0.310. The monoisotopic (exact) mass is 364 g/mol. The standard InChI is InChI=1S/C17H13ClFNO3S/c18-12-7-3-1-5-10(12)16-20(14(9-24-16)17(22)23)15(21)11-6-2-4-8-13(11)19/h1-8,14,16H,9H2,(H,22,23)/p-1. The van der Waals surface area contributed by atoms with Gasteiger partial charge >= 0.3 is 0 Å². The van der Waals surface area contributed by atoms with Crippen molar-refractivity contribution in [2.45, 2.75) is 11.4 Å². The van der Waals surface area contributed by atoms with E-state index in [9.17, 15) is 19.1 Å². The zero-order valence-electron chi connectivity index (χ0n) is 12.3. The van der Waals surface area contributed by atoms with Crippen molar-refractivity contribution in [2.75, 3.05) is 5.75 Å². The first-order valence-electron chi connectivity index (χ1n) is 7.15. The van der Waals surface area contributed by atoms with Crippen LogP contribution >= 0.6 is 23.4 Å². The predicted molar refractivity (Wildman–Crippen MR) is 88.0 cm³/mol. The second-order valence-corrected chi connectivity index (χ2v) is 6.75. The lowest BCUT2D eigenvalue weighted by atomic mass is 10.1. The summed E-state index contributed by atoms with van der Waals surface area (Å²) >= 11 is 7.45. The zero-order valence-corrected chi connectivity index (χ0v) is 13.9. The third-order valence-electron chi connectivity index (χ3n) is 3.78. The summed E-state index contributed by atoms with van der Waals surface area (Å²) in [5, 5.41) is 11.2. The zero-order chi connectivity index (χ0) is 17.3. The van der Waals surface area contributed by atoms with Crippen molar-refractivity contribution in [1.29, 1.82) is 0 Å². The van der Waals surface area contributed by atoms with Crippen LogP contribution in [0, 0.1) is 5.82 Å². The van der Waals surface area contributed by atoms with Crippen molar-refractivity contribution < 1.29 is 19.1 Å². The number of hydrogen-bond donors (Lipinski definition) is 0. The van der Waals surface area contributed by atoms with Gasteiger partial charge in [0.2, 0.25) is 0 Å². The Kier molecular flexibility index (Phi) is 4.78. The van der Waals surface area contributed by atoms with Gasteiger partial charge in [0.05, 0.1) is 17.6 Å². The van der Waals surface area contributed by atoms with Crippen LogP contribution < -0.4 is 5.11 Å². The van der Waals surface area contributed by atoms with Crippen LogP contribution in [0.5, 0.6) is 0 Å². The van der Waals surface area contributed by atoms with Crippen LogP contribution in [0.3, 0.4) is 0 Å². The Hall–Kier alpha value is -2.05. The predicted octanol–water partition coefficient (Wildman–Crippen LogP) is 2.49. The first-order chi connectivity index (χ1) is 11.5. The quantitative estimate of drug-likeness (QED) is 0.839. The van der Waals surface area contributed by atoms with Crippen molar-refractivity contribution >= 4 is 35.2 Å². The molecule has 2 aromatic carbocycles. The van der Waals surface area contributed by atoms with E-state index < -0.39 is 29.1 Å². The molecular formula is C17H12ClFNO3S-. The maximum Gasteiger partial charge on any atom is 0.258 e. The Morgan fingerprint density at radius 3 is 2.50 bits per heavy atom. The average molecular weight is 365 g/mol. The van der Waals surface area contributed by atoms with E-state index in [2.05, 4.69) is 0 Å². The Balaban J connectivity index is 2.05. The summed E-state index contributed by atoms with van der Waals surface area (Å²) in [6, 6.07) is 11.2. The molecule has 2 aromatic rings. The van der Waals surface area contributed by atoms with Crippen LogP contribution in [0.25, 0.3) is 0 Å². The lowest BCUT2D eigenvalue weighted by Crippen LogP contribution is -2.49. The Morgan fingerprint density at radius 1 is 1.17 bits per heavy atom. The Labute approximate surface area is 147 Å². The highest BCUT2D eigenvalue weighted by atomic mass is 35.5. The number of carbonyl (C=O) groups is 2. The van der Waals surface area contributed by atoms with Gasteiger partial charge in [0.1, 0.15) is 11.2 Å². The fourth-order valence-corrected chi connectivity index (χ4v) is 4.38. The molecule has 1 saturated heterocycles. The average Bonchev–Trinajstić information content (AvgIpc) is 3.00. The van der Waals surface area contributed by atoms with Crippen LogP contribution in [-0.2, 0) is 4.79 Å². The smallest absolute Gasteiger partial charge is 0.258 e. The SMILES string of the molecule is O=C([O-])C1CSC(c2ccccc2Cl)N1C(=O)c1ccccc1F. The molecule has 0 spiro atoms. The van der Waals surface area contributed by atoms with E-state index in [1.54, 1.807) is 24.3 Å². The number of rotatable bonds is 3. The summed E-state index contributed by atoms with van der Waals surface area (Å²) in [6.07, 6.45) is 0. The van der Waals surface area contributed by atoms with E-state index in [1.807, 2.05) is 0 Å². The number of aliphatic carboxylic acids is 1. The molecule has 1 aliphatic rings. The fourth-order valence-electron chi connectivity index (χ4n) is 2.62. The van der Waals surface area contributed by atoms with E-state index in [-0.39, 0.29) is 11.3 Å². The minimum atomic E-state index is -1.37. The summed E-state index contributed by atoms with van der Waals surface area (Å²) in [4.78, 5) is 25.4. The number of carboxylic acids is 1. The summed E-state index contributed by atoms with van der Waals surface area (Å²) in [5.74, 6) is -2.62. The molecule has 24 heavy (non-hydrogen) atoms. The fraction of sp³-hybridized carbons (Fsp3) is 0.176.